The van der Waals surface area contributed by atoms with Crippen molar-refractivity contribution < 1.29 is 0 Å². The number of hydrogen-bond acceptors (Lipinski definition) is 3. The first-order valence-corrected chi connectivity index (χ1v) is 6.20. The van der Waals surface area contributed by atoms with Crippen molar-refractivity contribution in [1.29, 1.82) is 0 Å². The van der Waals surface area contributed by atoms with Gasteiger partial charge in [0.15, 0.2) is 0 Å². The molecule has 3 nitrogen and oxygen atoms in total. The maximum atomic E-state index is 6.00. The van der Waals surface area contributed by atoms with Gasteiger partial charge in [-0.1, -0.05) is 18.2 Å². The van der Waals surface area contributed by atoms with Crippen LogP contribution >= 0.6 is 0 Å². The van der Waals surface area contributed by atoms with E-state index in [9.17, 15) is 0 Å². The molecular weight excluding hydrogens is 234 g/mol. The Hall–Kier alpha value is -2.55. The SMILES string of the molecule is Cc1ccc(N)c(Nc2cccc3ccncc23)c1. The van der Waals surface area contributed by atoms with Gasteiger partial charge in [0.2, 0.25) is 0 Å². The Balaban J connectivity index is 2.08. The molecule has 1 heterocycles. The Morgan fingerprint density at radius 3 is 2.84 bits per heavy atom. The fourth-order valence-corrected chi connectivity index (χ4v) is 2.15. The molecular formula is C16H15N3. The summed E-state index contributed by atoms with van der Waals surface area (Å²) in [7, 11) is 0. The van der Waals surface area contributed by atoms with E-state index in [-0.39, 0.29) is 0 Å². The van der Waals surface area contributed by atoms with Crippen molar-refractivity contribution in [2.45, 2.75) is 6.92 Å². The van der Waals surface area contributed by atoms with E-state index in [1.54, 1.807) is 6.20 Å². The highest BCUT2D eigenvalue weighted by Gasteiger charge is 2.04. The molecule has 0 amide bonds. The maximum absolute atomic E-state index is 6.00. The van der Waals surface area contributed by atoms with Gasteiger partial charge in [0.1, 0.15) is 0 Å². The van der Waals surface area contributed by atoms with Crippen LogP contribution in [-0.2, 0) is 0 Å². The second-order valence-corrected chi connectivity index (χ2v) is 4.62. The Labute approximate surface area is 112 Å². The lowest BCUT2D eigenvalue weighted by molar-refractivity contribution is 1.36. The topological polar surface area (TPSA) is 50.9 Å². The monoisotopic (exact) mass is 249 g/mol. The molecule has 0 spiro atoms. The van der Waals surface area contributed by atoms with E-state index in [2.05, 4.69) is 23.3 Å². The lowest BCUT2D eigenvalue weighted by Crippen LogP contribution is -1.97. The van der Waals surface area contributed by atoms with Gasteiger partial charge in [0.25, 0.3) is 0 Å². The lowest BCUT2D eigenvalue weighted by atomic mass is 10.1. The third-order valence-corrected chi connectivity index (χ3v) is 3.16. The van der Waals surface area contributed by atoms with E-state index in [1.807, 2.05) is 42.6 Å². The van der Waals surface area contributed by atoms with Gasteiger partial charge in [-0.3, -0.25) is 4.98 Å². The number of aromatic nitrogens is 1. The summed E-state index contributed by atoms with van der Waals surface area (Å²) in [6.45, 7) is 2.05. The smallest absolute Gasteiger partial charge is 0.0620 e. The number of anilines is 3. The summed E-state index contributed by atoms with van der Waals surface area (Å²) >= 11 is 0. The minimum atomic E-state index is 0.742. The molecule has 3 N–H and O–H groups in total. The van der Waals surface area contributed by atoms with Crippen molar-refractivity contribution in [2.75, 3.05) is 11.1 Å². The van der Waals surface area contributed by atoms with Crippen LogP contribution in [0.15, 0.2) is 54.9 Å². The van der Waals surface area contributed by atoms with E-state index in [4.69, 9.17) is 5.73 Å². The van der Waals surface area contributed by atoms with Crippen LogP contribution in [-0.4, -0.2) is 4.98 Å². The van der Waals surface area contributed by atoms with Crippen molar-refractivity contribution in [3.05, 3.63) is 60.4 Å². The molecule has 19 heavy (non-hydrogen) atoms. The van der Waals surface area contributed by atoms with Gasteiger partial charge in [-0.25, -0.2) is 0 Å². The normalized spacial score (nSPS) is 10.6. The molecule has 3 rings (SSSR count). The van der Waals surface area contributed by atoms with Crippen LogP contribution in [0.1, 0.15) is 5.56 Å². The van der Waals surface area contributed by atoms with E-state index >= 15 is 0 Å². The highest BCUT2D eigenvalue weighted by molar-refractivity contribution is 5.95. The molecule has 0 saturated carbocycles. The Morgan fingerprint density at radius 2 is 1.95 bits per heavy atom. The van der Waals surface area contributed by atoms with Crippen LogP contribution in [0.2, 0.25) is 0 Å². The molecule has 0 saturated heterocycles. The molecule has 3 heteroatoms. The zero-order valence-electron chi connectivity index (χ0n) is 10.7. The second-order valence-electron chi connectivity index (χ2n) is 4.62. The molecule has 1 aromatic heterocycles. The number of nitrogens with two attached hydrogens (primary N) is 1. The quantitative estimate of drug-likeness (QED) is 0.678. The molecule has 0 fully saturated rings. The molecule has 0 aliphatic rings. The summed E-state index contributed by atoms with van der Waals surface area (Å²) < 4.78 is 0. The molecule has 3 aromatic rings. The fourth-order valence-electron chi connectivity index (χ4n) is 2.15. The summed E-state index contributed by atoms with van der Waals surface area (Å²) in [5, 5.41) is 5.64. The van der Waals surface area contributed by atoms with Crippen molar-refractivity contribution in [3.8, 4) is 0 Å². The predicted octanol–water partition coefficient (Wildman–Crippen LogP) is 3.87. The molecule has 0 atom stereocenters. The summed E-state index contributed by atoms with van der Waals surface area (Å²) in [5.74, 6) is 0. The summed E-state index contributed by atoms with van der Waals surface area (Å²) in [6, 6.07) is 14.1. The number of nitrogen functional groups attached to an aromatic ring is 1. The molecule has 0 aliphatic carbocycles. The highest BCUT2D eigenvalue weighted by atomic mass is 14.9. The zero-order chi connectivity index (χ0) is 13.2. The van der Waals surface area contributed by atoms with Crippen molar-refractivity contribution in [3.63, 3.8) is 0 Å². The van der Waals surface area contributed by atoms with Gasteiger partial charge in [-0.05, 0) is 42.1 Å². The van der Waals surface area contributed by atoms with E-state index < -0.39 is 0 Å². The van der Waals surface area contributed by atoms with Gasteiger partial charge in [-0.15, -0.1) is 0 Å². The molecule has 0 unspecified atom stereocenters. The Bertz CT molecular complexity index is 730. The third-order valence-electron chi connectivity index (χ3n) is 3.16. The van der Waals surface area contributed by atoms with E-state index in [0.717, 1.165) is 27.8 Å². The number of pyridine rings is 1. The minimum absolute atomic E-state index is 0.742. The summed E-state index contributed by atoms with van der Waals surface area (Å²) in [5.41, 5.74) is 9.87. The first-order chi connectivity index (χ1) is 9.24. The van der Waals surface area contributed by atoms with Crippen LogP contribution in [0, 0.1) is 6.92 Å². The van der Waals surface area contributed by atoms with Crippen molar-refractivity contribution in [2.24, 2.45) is 0 Å². The highest BCUT2D eigenvalue weighted by Crippen LogP contribution is 2.28. The Kier molecular flexibility index (Phi) is 2.80. The maximum Gasteiger partial charge on any atom is 0.0620 e. The van der Waals surface area contributed by atoms with Crippen LogP contribution in [0.4, 0.5) is 17.1 Å². The van der Waals surface area contributed by atoms with Gasteiger partial charge < -0.3 is 11.1 Å². The molecule has 0 bridgehead atoms. The van der Waals surface area contributed by atoms with E-state index in [0.29, 0.717) is 0 Å². The number of hydrogen-bond donors (Lipinski definition) is 2. The Morgan fingerprint density at radius 1 is 1.05 bits per heavy atom. The van der Waals surface area contributed by atoms with Crippen LogP contribution in [0.3, 0.4) is 0 Å². The number of benzene rings is 2. The average Bonchev–Trinajstić information content (AvgIpc) is 2.43. The summed E-state index contributed by atoms with van der Waals surface area (Å²) in [6.07, 6.45) is 3.66. The lowest BCUT2D eigenvalue weighted by Gasteiger charge is -2.12. The van der Waals surface area contributed by atoms with Crippen molar-refractivity contribution in [1.82, 2.24) is 4.98 Å². The molecule has 0 aliphatic heterocycles. The molecule has 94 valence electrons. The third kappa shape index (κ3) is 2.22. The first kappa shape index (κ1) is 11.5. The number of nitrogens with zero attached hydrogens (tertiary/aromatic N) is 1. The minimum Gasteiger partial charge on any atom is -0.397 e. The zero-order valence-corrected chi connectivity index (χ0v) is 10.7. The number of aryl methyl sites for hydroxylation is 1. The van der Waals surface area contributed by atoms with Gasteiger partial charge in [0, 0.05) is 23.5 Å². The molecule has 0 radical (unpaired) electrons. The number of fused-ring (bicyclic) bond motifs is 1. The van der Waals surface area contributed by atoms with Crippen LogP contribution in [0.5, 0.6) is 0 Å². The number of nitrogens with one attached hydrogen (secondary N) is 1. The van der Waals surface area contributed by atoms with Crippen LogP contribution < -0.4 is 11.1 Å². The second kappa shape index (κ2) is 4.61. The standard InChI is InChI=1S/C16H15N3/c1-11-5-6-14(17)16(9-11)19-15-4-2-3-12-7-8-18-10-13(12)15/h2-10,19H,17H2,1H3. The largest absolute Gasteiger partial charge is 0.397 e. The average molecular weight is 249 g/mol. The van der Waals surface area contributed by atoms with Gasteiger partial charge in [0.05, 0.1) is 11.4 Å². The van der Waals surface area contributed by atoms with Crippen molar-refractivity contribution >= 4 is 27.8 Å². The van der Waals surface area contributed by atoms with E-state index in [1.165, 1.54) is 5.56 Å². The molecule has 2 aromatic carbocycles. The number of rotatable bonds is 2. The first-order valence-electron chi connectivity index (χ1n) is 6.20. The van der Waals surface area contributed by atoms with Gasteiger partial charge >= 0.3 is 0 Å². The summed E-state index contributed by atoms with van der Waals surface area (Å²) in [4.78, 5) is 4.18. The van der Waals surface area contributed by atoms with Crippen LogP contribution in [0.25, 0.3) is 10.8 Å². The predicted molar refractivity (Wildman–Crippen MR) is 80.6 cm³/mol. The van der Waals surface area contributed by atoms with Gasteiger partial charge in [-0.2, -0.15) is 0 Å². The fraction of sp³-hybridized carbons (Fsp3) is 0.0625.